The molecular formula is C16H24N4O2. The third kappa shape index (κ3) is 3.75. The fourth-order valence-electron chi connectivity index (χ4n) is 2.46. The van der Waals surface area contributed by atoms with Gasteiger partial charge in [-0.25, -0.2) is 4.79 Å². The normalized spacial score (nSPS) is 17.9. The van der Waals surface area contributed by atoms with Crippen LogP contribution < -0.4 is 5.73 Å². The number of nitrogens with two attached hydrogens (primary N) is 1. The Bertz CT molecular complexity index is 585. The van der Waals surface area contributed by atoms with Crippen LogP contribution >= 0.6 is 0 Å². The molecule has 22 heavy (non-hydrogen) atoms. The second kappa shape index (κ2) is 5.59. The number of aromatic nitrogens is 2. The lowest BCUT2D eigenvalue weighted by atomic mass is 9.91. The molecule has 1 aromatic rings. The highest BCUT2D eigenvalue weighted by molar-refractivity contribution is 5.73. The van der Waals surface area contributed by atoms with Crippen molar-refractivity contribution >= 4 is 17.5 Å². The number of nitrogen functional groups attached to an aromatic ring is 1. The first-order valence-corrected chi connectivity index (χ1v) is 7.40. The zero-order valence-corrected chi connectivity index (χ0v) is 13.9. The zero-order valence-electron chi connectivity index (χ0n) is 13.9. The second-order valence-corrected chi connectivity index (χ2v) is 7.05. The summed E-state index contributed by atoms with van der Waals surface area (Å²) in [6.07, 6.45) is 2.46. The summed E-state index contributed by atoms with van der Waals surface area (Å²) in [5, 5.41) is 8.01. The summed E-state index contributed by atoms with van der Waals surface area (Å²) < 4.78 is 5.48. The van der Waals surface area contributed by atoms with Gasteiger partial charge >= 0.3 is 6.09 Å². The molecule has 0 radical (unpaired) electrons. The van der Waals surface area contributed by atoms with E-state index in [1.54, 1.807) is 11.0 Å². The van der Waals surface area contributed by atoms with Crippen LogP contribution in [0.15, 0.2) is 18.2 Å². The fraction of sp³-hybridized carbons (Fsp3) is 0.562. The first-order chi connectivity index (χ1) is 10.1. The maximum absolute atomic E-state index is 12.3. The minimum atomic E-state index is -0.500. The number of carbonyl (C=O) groups excluding carboxylic acids is 1. The van der Waals surface area contributed by atoms with Gasteiger partial charge in [0.15, 0.2) is 0 Å². The Kier molecular flexibility index (Phi) is 4.13. The minimum Gasteiger partial charge on any atom is -0.444 e. The van der Waals surface area contributed by atoms with Gasteiger partial charge in [0.25, 0.3) is 0 Å². The molecule has 0 spiro atoms. The van der Waals surface area contributed by atoms with Gasteiger partial charge in [-0.2, -0.15) is 0 Å². The summed E-state index contributed by atoms with van der Waals surface area (Å²) in [5.41, 5.74) is 6.49. The standard InChI is InChI=1S/C16H24N4O2/c1-15(2,3)22-14(21)20-9-8-11(10-16(20,4)5)12-6-7-13(17)19-18-12/h6-7,10H,8-9H2,1-5H3,(H2,17,19). The Morgan fingerprint density at radius 1 is 1.32 bits per heavy atom. The van der Waals surface area contributed by atoms with Crippen molar-refractivity contribution in [3.05, 3.63) is 23.9 Å². The summed E-state index contributed by atoms with van der Waals surface area (Å²) in [7, 11) is 0. The topological polar surface area (TPSA) is 81.3 Å². The number of anilines is 1. The second-order valence-electron chi connectivity index (χ2n) is 7.05. The van der Waals surface area contributed by atoms with Gasteiger partial charge in [0.05, 0.1) is 11.2 Å². The first-order valence-electron chi connectivity index (χ1n) is 7.40. The van der Waals surface area contributed by atoms with Gasteiger partial charge in [-0.15, -0.1) is 10.2 Å². The van der Waals surface area contributed by atoms with Crippen molar-refractivity contribution in [2.24, 2.45) is 0 Å². The fourth-order valence-corrected chi connectivity index (χ4v) is 2.46. The Labute approximate surface area is 131 Å². The summed E-state index contributed by atoms with van der Waals surface area (Å²) in [4.78, 5) is 14.1. The van der Waals surface area contributed by atoms with Gasteiger partial charge in [0.1, 0.15) is 11.4 Å². The SMILES string of the molecule is CC(C)(C)OC(=O)N1CCC(c2ccc(N)nn2)=CC1(C)C. The highest BCUT2D eigenvalue weighted by atomic mass is 16.6. The summed E-state index contributed by atoms with van der Waals surface area (Å²) in [5.74, 6) is 0.398. The van der Waals surface area contributed by atoms with Crippen LogP contribution in [0.4, 0.5) is 10.6 Å². The molecule has 2 N–H and O–H groups in total. The van der Waals surface area contributed by atoms with E-state index >= 15 is 0 Å². The molecule has 2 heterocycles. The molecular weight excluding hydrogens is 280 g/mol. The molecule has 120 valence electrons. The van der Waals surface area contributed by atoms with Gasteiger partial charge in [-0.1, -0.05) is 6.08 Å². The monoisotopic (exact) mass is 304 g/mol. The van der Waals surface area contributed by atoms with Crippen molar-refractivity contribution in [1.82, 2.24) is 15.1 Å². The molecule has 0 bridgehead atoms. The van der Waals surface area contributed by atoms with Crippen LogP contribution in [0.3, 0.4) is 0 Å². The number of rotatable bonds is 1. The molecule has 0 atom stereocenters. The van der Waals surface area contributed by atoms with Crippen LogP contribution in [0.25, 0.3) is 5.57 Å². The molecule has 1 aliphatic rings. The van der Waals surface area contributed by atoms with E-state index in [9.17, 15) is 4.79 Å². The summed E-state index contributed by atoms with van der Waals surface area (Å²) in [6.45, 7) is 10.2. The first kappa shape index (κ1) is 16.3. The van der Waals surface area contributed by atoms with Gasteiger partial charge in [-0.05, 0) is 58.7 Å². The van der Waals surface area contributed by atoms with E-state index in [2.05, 4.69) is 10.2 Å². The van der Waals surface area contributed by atoms with Crippen LogP contribution in [-0.2, 0) is 4.74 Å². The molecule has 0 aliphatic carbocycles. The van der Waals surface area contributed by atoms with Crippen molar-refractivity contribution in [3.63, 3.8) is 0 Å². The number of amides is 1. The Balaban J connectivity index is 2.21. The number of ether oxygens (including phenoxy) is 1. The molecule has 1 aromatic heterocycles. The zero-order chi connectivity index (χ0) is 16.5. The third-order valence-corrected chi connectivity index (χ3v) is 3.46. The number of hydrogen-bond acceptors (Lipinski definition) is 5. The molecule has 6 nitrogen and oxygen atoms in total. The van der Waals surface area contributed by atoms with Gasteiger partial charge in [0.2, 0.25) is 0 Å². The molecule has 0 saturated heterocycles. The van der Waals surface area contributed by atoms with E-state index in [1.807, 2.05) is 46.8 Å². The Morgan fingerprint density at radius 3 is 2.50 bits per heavy atom. The van der Waals surface area contributed by atoms with Crippen molar-refractivity contribution in [1.29, 1.82) is 0 Å². The third-order valence-electron chi connectivity index (χ3n) is 3.46. The maximum Gasteiger partial charge on any atom is 0.410 e. The van der Waals surface area contributed by atoms with E-state index in [1.165, 1.54) is 0 Å². The molecule has 0 unspecified atom stereocenters. The lowest BCUT2D eigenvalue weighted by Crippen LogP contribution is -2.50. The van der Waals surface area contributed by atoms with E-state index in [-0.39, 0.29) is 6.09 Å². The number of carbonyl (C=O) groups is 1. The Hall–Kier alpha value is -2.11. The van der Waals surface area contributed by atoms with Crippen molar-refractivity contribution in [2.45, 2.75) is 52.2 Å². The Morgan fingerprint density at radius 2 is 2.00 bits per heavy atom. The molecule has 0 aromatic carbocycles. The molecule has 0 saturated carbocycles. The van der Waals surface area contributed by atoms with E-state index in [0.717, 1.165) is 11.3 Å². The summed E-state index contributed by atoms with van der Waals surface area (Å²) >= 11 is 0. The predicted molar refractivity (Wildman–Crippen MR) is 86.1 cm³/mol. The summed E-state index contributed by atoms with van der Waals surface area (Å²) in [6, 6.07) is 3.59. The number of hydrogen-bond donors (Lipinski definition) is 1. The minimum absolute atomic E-state index is 0.295. The van der Waals surface area contributed by atoms with E-state index < -0.39 is 11.1 Å². The largest absolute Gasteiger partial charge is 0.444 e. The smallest absolute Gasteiger partial charge is 0.410 e. The van der Waals surface area contributed by atoms with Crippen LogP contribution in [0.1, 0.15) is 46.7 Å². The highest BCUT2D eigenvalue weighted by Gasteiger charge is 2.35. The highest BCUT2D eigenvalue weighted by Crippen LogP contribution is 2.31. The van der Waals surface area contributed by atoms with Gasteiger partial charge < -0.3 is 10.5 Å². The maximum atomic E-state index is 12.3. The van der Waals surface area contributed by atoms with Gasteiger partial charge in [0, 0.05) is 6.54 Å². The molecule has 0 fully saturated rings. The van der Waals surface area contributed by atoms with Crippen molar-refractivity contribution < 1.29 is 9.53 Å². The predicted octanol–water partition coefficient (Wildman–Crippen LogP) is 2.86. The lowest BCUT2D eigenvalue weighted by Gasteiger charge is -2.41. The quantitative estimate of drug-likeness (QED) is 0.862. The van der Waals surface area contributed by atoms with Crippen molar-refractivity contribution in [2.75, 3.05) is 12.3 Å². The number of nitrogens with zero attached hydrogens (tertiary/aromatic N) is 3. The van der Waals surface area contributed by atoms with E-state index in [0.29, 0.717) is 18.8 Å². The molecule has 2 rings (SSSR count). The van der Waals surface area contributed by atoms with Crippen LogP contribution in [-0.4, -0.2) is 38.9 Å². The van der Waals surface area contributed by atoms with Crippen LogP contribution in [0, 0.1) is 0 Å². The lowest BCUT2D eigenvalue weighted by molar-refractivity contribution is 0.00992. The van der Waals surface area contributed by atoms with Crippen molar-refractivity contribution in [3.8, 4) is 0 Å². The molecule has 1 amide bonds. The molecule has 1 aliphatic heterocycles. The van der Waals surface area contributed by atoms with E-state index in [4.69, 9.17) is 10.5 Å². The molecule has 6 heteroatoms. The van der Waals surface area contributed by atoms with Crippen LogP contribution in [0.5, 0.6) is 0 Å². The van der Waals surface area contributed by atoms with Crippen LogP contribution in [0.2, 0.25) is 0 Å². The average Bonchev–Trinajstić information content (AvgIpc) is 2.36. The van der Waals surface area contributed by atoms with Gasteiger partial charge in [-0.3, -0.25) is 4.90 Å². The average molecular weight is 304 g/mol.